The van der Waals surface area contributed by atoms with Crippen molar-refractivity contribution < 1.29 is 32.5 Å². The molecule has 0 spiro atoms. The van der Waals surface area contributed by atoms with E-state index in [-0.39, 0.29) is 17.8 Å². The van der Waals surface area contributed by atoms with Gasteiger partial charge in [0, 0.05) is 6.42 Å². The number of carboxylic acid groups (broad SMARTS) is 1. The molecule has 2 aliphatic heterocycles. The first-order chi connectivity index (χ1) is 12.3. The molecule has 2 aliphatic rings. The second-order valence-electron chi connectivity index (χ2n) is 6.05. The Morgan fingerprint density at radius 3 is 2.69 bits per heavy atom. The van der Waals surface area contributed by atoms with Gasteiger partial charge in [-0.05, 0) is 17.7 Å². The third kappa shape index (κ3) is 2.71. The number of ether oxygens (including phenoxy) is 2. The van der Waals surface area contributed by atoms with Crippen LogP contribution >= 0.6 is 0 Å². The minimum Gasteiger partial charge on any atom is -0.486 e. The summed E-state index contributed by atoms with van der Waals surface area (Å²) in [7, 11) is 0. The molecule has 2 atom stereocenters. The third-order valence-electron chi connectivity index (χ3n) is 4.44. The average Bonchev–Trinajstić information content (AvgIpc) is 3.03. The standard InChI is InChI=1S/C16H14F3N3O4/c17-16(18,19)13-6-10(21-14-9(15(23)24)7-20-22(13)14)8-1-2-11-12(5-8)26-4-3-25-11/h1-2,5,7,10,13,21H,3-4,6H2,(H,23,24)/t10-,13-/m0/s1. The number of nitrogens with zero attached hydrogens (tertiary/aromatic N) is 2. The molecular formula is C16H14F3N3O4. The van der Waals surface area contributed by atoms with E-state index in [9.17, 15) is 23.1 Å². The van der Waals surface area contributed by atoms with E-state index in [2.05, 4.69) is 10.4 Å². The lowest BCUT2D eigenvalue weighted by molar-refractivity contribution is -0.173. The molecule has 0 unspecified atom stereocenters. The largest absolute Gasteiger partial charge is 0.486 e. The van der Waals surface area contributed by atoms with Gasteiger partial charge in [0.2, 0.25) is 0 Å². The van der Waals surface area contributed by atoms with E-state index in [4.69, 9.17) is 9.47 Å². The lowest BCUT2D eigenvalue weighted by Gasteiger charge is -2.34. The van der Waals surface area contributed by atoms with Crippen molar-refractivity contribution in [2.24, 2.45) is 0 Å². The Hall–Kier alpha value is -2.91. The molecule has 3 heterocycles. The molecule has 0 saturated heterocycles. The third-order valence-corrected chi connectivity index (χ3v) is 4.44. The highest BCUT2D eigenvalue weighted by atomic mass is 19.4. The Morgan fingerprint density at radius 2 is 2.00 bits per heavy atom. The van der Waals surface area contributed by atoms with Crippen LogP contribution in [-0.4, -0.2) is 40.2 Å². The van der Waals surface area contributed by atoms with Crippen LogP contribution in [0.3, 0.4) is 0 Å². The van der Waals surface area contributed by atoms with E-state index in [1.54, 1.807) is 18.2 Å². The Kier molecular flexibility index (Phi) is 3.70. The number of halogens is 3. The summed E-state index contributed by atoms with van der Waals surface area (Å²) in [6.07, 6.45) is -3.96. The van der Waals surface area contributed by atoms with Crippen molar-refractivity contribution in [2.45, 2.75) is 24.7 Å². The molecule has 0 saturated carbocycles. The molecule has 0 radical (unpaired) electrons. The predicted octanol–water partition coefficient (Wildman–Crippen LogP) is 3.01. The number of rotatable bonds is 2. The number of hydrogen-bond donors (Lipinski definition) is 2. The van der Waals surface area contributed by atoms with Gasteiger partial charge in [-0.1, -0.05) is 6.07 Å². The van der Waals surface area contributed by atoms with E-state index < -0.39 is 24.2 Å². The van der Waals surface area contributed by atoms with Crippen LogP contribution in [0, 0.1) is 0 Å². The van der Waals surface area contributed by atoms with Gasteiger partial charge < -0.3 is 19.9 Å². The van der Waals surface area contributed by atoms with Gasteiger partial charge in [0.05, 0.1) is 12.2 Å². The normalized spacial score (nSPS) is 21.7. The molecule has 0 bridgehead atoms. The molecule has 1 aromatic carbocycles. The van der Waals surface area contributed by atoms with Crippen LogP contribution in [0.5, 0.6) is 11.5 Å². The van der Waals surface area contributed by atoms with Crippen molar-refractivity contribution in [1.82, 2.24) is 9.78 Å². The number of anilines is 1. The zero-order valence-corrected chi connectivity index (χ0v) is 13.3. The fraction of sp³-hybridized carbons (Fsp3) is 0.375. The van der Waals surface area contributed by atoms with Crippen molar-refractivity contribution in [3.8, 4) is 11.5 Å². The number of fused-ring (bicyclic) bond motifs is 2. The highest BCUT2D eigenvalue weighted by Crippen LogP contribution is 2.45. The van der Waals surface area contributed by atoms with Crippen molar-refractivity contribution >= 4 is 11.8 Å². The van der Waals surface area contributed by atoms with Gasteiger partial charge in [-0.25, -0.2) is 9.48 Å². The summed E-state index contributed by atoms with van der Waals surface area (Å²) in [6.45, 7) is 0.765. The van der Waals surface area contributed by atoms with E-state index in [1.807, 2.05) is 0 Å². The lowest BCUT2D eigenvalue weighted by Crippen LogP contribution is -2.36. The molecule has 1 aromatic heterocycles. The molecule has 138 valence electrons. The Bertz CT molecular complexity index is 865. The monoisotopic (exact) mass is 369 g/mol. The van der Waals surface area contributed by atoms with Crippen LogP contribution in [0.25, 0.3) is 0 Å². The van der Waals surface area contributed by atoms with Gasteiger partial charge in [-0.2, -0.15) is 18.3 Å². The predicted molar refractivity (Wildman–Crippen MR) is 82.7 cm³/mol. The Labute approximate surface area is 145 Å². The van der Waals surface area contributed by atoms with Crippen LogP contribution < -0.4 is 14.8 Å². The van der Waals surface area contributed by atoms with E-state index in [1.165, 1.54) is 0 Å². The number of alkyl halides is 3. The summed E-state index contributed by atoms with van der Waals surface area (Å²) in [5, 5.41) is 15.7. The zero-order chi connectivity index (χ0) is 18.5. The summed E-state index contributed by atoms with van der Waals surface area (Å²) in [4.78, 5) is 11.3. The number of benzene rings is 1. The van der Waals surface area contributed by atoms with Gasteiger partial charge in [0.15, 0.2) is 17.5 Å². The molecule has 10 heteroatoms. The van der Waals surface area contributed by atoms with Crippen LogP contribution in [0.1, 0.15) is 34.4 Å². The molecule has 0 amide bonds. The molecule has 0 aliphatic carbocycles. The maximum absolute atomic E-state index is 13.5. The number of aromatic nitrogens is 2. The lowest BCUT2D eigenvalue weighted by atomic mass is 9.96. The van der Waals surface area contributed by atoms with Gasteiger partial charge >= 0.3 is 12.1 Å². The maximum Gasteiger partial charge on any atom is 0.410 e. The second kappa shape index (κ2) is 5.82. The number of carboxylic acids is 1. The highest BCUT2D eigenvalue weighted by Gasteiger charge is 2.47. The number of aromatic carboxylic acids is 1. The van der Waals surface area contributed by atoms with Gasteiger partial charge in [0.25, 0.3) is 0 Å². The molecule has 26 heavy (non-hydrogen) atoms. The Balaban J connectivity index is 1.74. The molecule has 2 aromatic rings. The minimum absolute atomic E-state index is 0.161. The molecule has 7 nitrogen and oxygen atoms in total. The van der Waals surface area contributed by atoms with Crippen LogP contribution in [0.4, 0.5) is 19.0 Å². The average molecular weight is 369 g/mol. The van der Waals surface area contributed by atoms with Crippen LogP contribution in [-0.2, 0) is 0 Å². The summed E-state index contributed by atoms with van der Waals surface area (Å²) in [5.74, 6) is -0.524. The number of hydrogen-bond acceptors (Lipinski definition) is 5. The molecule has 2 N–H and O–H groups in total. The minimum atomic E-state index is -4.56. The maximum atomic E-state index is 13.5. The zero-order valence-electron chi connectivity index (χ0n) is 13.3. The fourth-order valence-electron chi connectivity index (χ4n) is 3.21. The smallest absolute Gasteiger partial charge is 0.410 e. The SMILES string of the molecule is O=C(O)c1cnn2c1N[C@H](c1ccc3c(c1)OCCO3)C[C@H]2C(F)(F)F. The van der Waals surface area contributed by atoms with E-state index in [0.717, 1.165) is 6.20 Å². The summed E-state index contributed by atoms with van der Waals surface area (Å²) >= 11 is 0. The van der Waals surface area contributed by atoms with Crippen molar-refractivity contribution in [3.05, 3.63) is 35.5 Å². The first-order valence-corrected chi connectivity index (χ1v) is 7.88. The topological polar surface area (TPSA) is 85.6 Å². The second-order valence-corrected chi connectivity index (χ2v) is 6.05. The van der Waals surface area contributed by atoms with Crippen LogP contribution in [0.15, 0.2) is 24.4 Å². The van der Waals surface area contributed by atoms with Gasteiger partial charge in [0.1, 0.15) is 24.6 Å². The quantitative estimate of drug-likeness (QED) is 0.847. The van der Waals surface area contributed by atoms with Gasteiger partial charge in [-0.3, -0.25) is 0 Å². The van der Waals surface area contributed by atoms with Gasteiger partial charge in [-0.15, -0.1) is 0 Å². The van der Waals surface area contributed by atoms with Crippen molar-refractivity contribution in [3.63, 3.8) is 0 Å². The Morgan fingerprint density at radius 1 is 1.27 bits per heavy atom. The van der Waals surface area contributed by atoms with E-state index >= 15 is 0 Å². The first kappa shape index (κ1) is 16.6. The summed E-state index contributed by atoms with van der Waals surface area (Å²) in [6, 6.07) is 2.22. The van der Waals surface area contributed by atoms with E-state index in [0.29, 0.717) is 35.0 Å². The molecular weight excluding hydrogens is 355 g/mol. The summed E-state index contributed by atoms with van der Waals surface area (Å²) < 4.78 is 52.1. The van der Waals surface area contributed by atoms with Crippen LogP contribution in [0.2, 0.25) is 0 Å². The number of carbonyl (C=O) groups is 1. The summed E-state index contributed by atoms with van der Waals surface area (Å²) in [5.41, 5.74) is 0.244. The molecule has 4 rings (SSSR count). The first-order valence-electron chi connectivity index (χ1n) is 7.88. The van der Waals surface area contributed by atoms with Crippen molar-refractivity contribution in [2.75, 3.05) is 18.5 Å². The number of nitrogens with one attached hydrogen (secondary N) is 1. The molecule has 0 fully saturated rings. The highest BCUT2D eigenvalue weighted by molar-refractivity contribution is 5.93. The van der Waals surface area contributed by atoms with Crippen molar-refractivity contribution in [1.29, 1.82) is 0 Å². The fourth-order valence-corrected chi connectivity index (χ4v) is 3.21.